The van der Waals surface area contributed by atoms with Crippen LogP contribution in [-0.4, -0.2) is 48.8 Å². The molecule has 2 rings (SSSR count). The van der Waals surface area contributed by atoms with E-state index in [9.17, 15) is 14.4 Å². The molecule has 2 heterocycles. The Bertz CT molecular complexity index is 424. The van der Waals surface area contributed by atoms with Crippen molar-refractivity contribution in [1.82, 2.24) is 15.5 Å². The van der Waals surface area contributed by atoms with Gasteiger partial charge in [-0.3, -0.25) is 19.3 Å². The number of carbonyl (C=O) groups is 3. The number of carbonyl (C=O) groups excluding carboxylic acids is 3. The Kier molecular flexibility index (Phi) is 4.98. The molecule has 1 atom stereocenters. The normalized spacial score (nSPS) is 25.8. The van der Waals surface area contributed by atoms with Crippen molar-refractivity contribution in [3.05, 3.63) is 0 Å². The summed E-state index contributed by atoms with van der Waals surface area (Å²) in [5, 5.41) is 6.18. The van der Waals surface area contributed by atoms with Gasteiger partial charge in [-0.05, 0) is 38.8 Å². The van der Waals surface area contributed by atoms with E-state index in [1.54, 1.807) is 0 Å². The topological polar surface area (TPSA) is 78.5 Å². The molecule has 2 N–H and O–H groups in total. The monoisotopic (exact) mass is 295 g/mol. The summed E-state index contributed by atoms with van der Waals surface area (Å²) in [6.45, 7) is 3.75. The van der Waals surface area contributed by atoms with Gasteiger partial charge in [-0.15, -0.1) is 0 Å². The summed E-state index contributed by atoms with van der Waals surface area (Å²) in [6, 6.07) is -0.552. The minimum Gasteiger partial charge on any atom is -0.344 e. The zero-order valence-corrected chi connectivity index (χ0v) is 12.9. The van der Waals surface area contributed by atoms with Gasteiger partial charge in [0.05, 0.1) is 5.41 Å². The highest BCUT2D eigenvalue weighted by Gasteiger charge is 2.41. The second-order valence-corrected chi connectivity index (χ2v) is 6.14. The first-order valence-electron chi connectivity index (χ1n) is 7.82. The van der Waals surface area contributed by atoms with Gasteiger partial charge in [0.1, 0.15) is 6.04 Å². The van der Waals surface area contributed by atoms with Crippen LogP contribution in [0.3, 0.4) is 0 Å². The number of hydrogen-bond acceptors (Lipinski definition) is 4. The highest BCUT2D eigenvalue weighted by molar-refractivity contribution is 6.01. The smallest absolute Gasteiger partial charge is 0.251 e. The maximum Gasteiger partial charge on any atom is 0.251 e. The lowest BCUT2D eigenvalue weighted by molar-refractivity contribution is -0.150. The number of hydrogen-bond donors (Lipinski definition) is 2. The molecular formula is C15H25N3O3. The Morgan fingerprint density at radius 3 is 2.67 bits per heavy atom. The van der Waals surface area contributed by atoms with Gasteiger partial charge in [-0.25, -0.2) is 0 Å². The van der Waals surface area contributed by atoms with E-state index < -0.39 is 6.04 Å². The highest BCUT2D eigenvalue weighted by Crippen LogP contribution is 2.34. The lowest BCUT2D eigenvalue weighted by Crippen LogP contribution is -2.57. The molecule has 2 aliphatic heterocycles. The van der Waals surface area contributed by atoms with E-state index in [0.29, 0.717) is 12.8 Å². The lowest BCUT2D eigenvalue weighted by Gasteiger charge is -2.38. The van der Waals surface area contributed by atoms with Crippen molar-refractivity contribution in [2.75, 3.05) is 20.1 Å². The molecule has 6 nitrogen and oxygen atoms in total. The van der Waals surface area contributed by atoms with Crippen LogP contribution < -0.4 is 10.6 Å². The number of amides is 3. The summed E-state index contributed by atoms with van der Waals surface area (Å²) in [7, 11) is 1.48. The summed E-state index contributed by atoms with van der Waals surface area (Å²) in [5.74, 6) is -0.484. The van der Waals surface area contributed by atoms with Crippen LogP contribution >= 0.6 is 0 Å². The molecule has 0 radical (unpaired) electrons. The molecule has 0 saturated carbocycles. The van der Waals surface area contributed by atoms with Crippen LogP contribution in [0.4, 0.5) is 0 Å². The average Bonchev–Trinajstić information content (AvgIpc) is 2.49. The predicted octanol–water partition coefficient (Wildman–Crippen LogP) is 0.420. The molecule has 1 unspecified atom stereocenters. The Hall–Kier alpha value is -1.43. The minimum atomic E-state index is -0.552. The fourth-order valence-corrected chi connectivity index (χ4v) is 3.34. The van der Waals surface area contributed by atoms with Gasteiger partial charge >= 0.3 is 0 Å². The highest BCUT2D eigenvalue weighted by atomic mass is 16.2. The van der Waals surface area contributed by atoms with E-state index in [0.717, 1.165) is 43.7 Å². The summed E-state index contributed by atoms with van der Waals surface area (Å²) in [4.78, 5) is 37.4. The molecule has 2 fully saturated rings. The third kappa shape index (κ3) is 3.26. The van der Waals surface area contributed by atoms with Gasteiger partial charge in [0.25, 0.3) is 5.91 Å². The SMILES string of the molecule is CCCC1(C(=O)NC2CCC(=O)N(C)C2=O)CCNCC1. The largest absolute Gasteiger partial charge is 0.344 e. The van der Waals surface area contributed by atoms with E-state index in [2.05, 4.69) is 17.6 Å². The van der Waals surface area contributed by atoms with Gasteiger partial charge in [-0.2, -0.15) is 0 Å². The van der Waals surface area contributed by atoms with Crippen LogP contribution in [0, 0.1) is 5.41 Å². The molecule has 0 aromatic heterocycles. The molecule has 2 aliphatic rings. The molecular weight excluding hydrogens is 270 g/mol. The van der Waals surface area contributed by atoms with E-state index in [4.69, 9.17) is 0 Å². The number of piperidine rings is 2. The Labute approximate surface area is 125 Å². The van der Waals surface area contributed by atoms with E-state index in [-0.39, 0.29) is 23.1 Å². The molecule has 0 aromatic carbocycles. The quantitative estimate of drug-likeness (QED) is 0.737. The van der Waals surface area contributed by atoms with Gasteiger partial charge in [0, 0.05) is 13.5 Å². The third-order valence-corrected chi connectivity index (χ3v) is 4.73. The number of imide groups is 1. The van der Waals surface area contributed by atoms with Crippen molar-refractivity contribution < 1.29 is 14.4 Å². The summed E-state index contributed by atoms with van der Waals surface area (Å²) in [5.41, 5.74) is -0.361. The number of likely N-dealkylation sites (tertiary alicyclic amines) is 1. The second-order valence-electron chi connectivity index (χ2n) is 6.14. The second kappa shape index (κ2) is 6.56. The first kappa shape index (κ1) is 15.9. The predicted molar refractivity (Wildman–Crippen MR) is 78.4 cm³/mol. The first-order valence-corrected chi connectivity index (χ1v) is 7.82. The van der Waals surface area contributed by atoms with E-state index in [1.165, 1.54) is 7.05 Å². The minimum absolute atomic E-state index is 0.0213. The number of nitrogens with zero attached hydrogens (tertiary/aromatic N) is 1. The van der Waals surface area contributed by atoms with E-state index in [1.807, 2.05) is 0 Å². The van der Waals surface area contributed by atoms with Crippen LogP contribution in [-0.2, 0) is 14.4 Å². The van der Waals surface area contributed by atoms with Crippen molar-refractivity contribution in [3.63, 3.8) is 0 Å². The van der Waals surface area contributed by atoms with Gasteiger partial charge < -0.3 is 10.6 Å². The van der Waals surface area contributed by atoms with Gasteiger partial charge in [-0.1, -0.05) is 13.3 Å². The Morgan fingerprint density at radius 1 is 1.38 bits per heavy atom. The fourth-order valence-electron chi connectivity index (χ4n) is 3.34. The third-order valence-electron chi connectivity index (χ3n) is 4.73. The fraction of sp³-hybridized carbons (Fsp3) is 0.800. The molecule has 6 heteroatoms. The first-order chi connectivity index (χ1) is 10.00. The van der Waals surface area contributed by atoms with Crippen molar-refractivity contribution in [1.29, 1.82) is 0 Å². The molecule has 0 aromatic rings. The van der Waals surface area contributed by atoms with Crippen LogP contribution in [0.5, 0.6) is 0 Å². The number of rotatable bonds is 4. The lowest BCUT2D eigenvalue weighted by atomic mass is 9.74. The molecule has 118 valence electrons. The number of likely N-dealkylation sites (N-methyl/N-ethyl adjacent to an activating group) is 1. The molecule has 0 spiro atoms. The maximum atomic E-state index is 12.7. The molecule has 21 heavy (non-hydrogen) atoms. The maximum absolute atomic E-state index is 12.7. The standard InChI is InChI=1S/C15H25N3O3/c1-3-6-15(7-9-16-10-8-15)14(21)17-11-4-5-12(19)18(2)13(11)20/h11,16H,3-10H2,1-2H3,(H,17,21). The summed E-state index contributed by atoms with van der Waals surface area (Å²) < 4.78 is 0. The van der Waals surface area contributed by atoms with Gasteiger partial charge in [0.2, 0.25) is 11.8 Å². The molecule has 0 bridgehead atoms. The molecule has 2 saturated heterocycles. The van der Waals surface area contributed by atoms with Crippen LogP contribution in [0.2, 0.25) is 0 Å². The van der Waals surface area contributed by atoms with Gasteiger partial charge in [0.15, 0.2) is 0 Å². The zero-order valence-electron chi connectivity index (χ0n) is 12.9. The van der Waals surface area contributed by atoms with Crippen molar-refractivity contribution in [3.8, 4) is 0 Å². The summed E-state index contributed by atoms with van der Waals surface area (Å²) >= 11 is 0. The van der Waals surface area contributed by atoms with Crippen molar-refractivity contribution in [2.24, 2.45) is 5.41 Å². The summed E-state index contributed by atoms with van der Waals surface area (Å²) in [6.07, 6.45) is 4.13. The van der Waals surface area contributed by atoms with E-state index >= 15 is 0 Å². The van der Waals surface area contributed by atoms with Crippen LogP contribution in [0.25, 0.3) is 0 Å². The van der Waals surface area contributed by atoms with Crippen molar-refractivity contribution >= 4 is 17.7 Å². The Morgan fingerprint density at radius 2 is 2.05 bits per heavy atom. The average molecular weight is 295 g/mol. The number of nitrogens with one attached hydrogen (secondary N) is 2. The molecule has 0 aliphatic carbocycles. The Balaban J connectivity index is 2.05. The zero-order chi connectivity index (χ0) is 15.5. The van der Waals surface area contributed by atoms with Crippen LogP contribution in [0.1, 0.15) is 45.4 Å². The van der Waals surface area contributed by atoms with Crippen LogP contribution in [0.15, 0.2) is 0 Å². The molecule has 3 amide bonds. The van der Waals surface area contributed by atoms with Crippen molar-refractivity contribution in [2.45, 2.75) is 51.5 Å².